The molecule has 134 valence electrons. The molecule has 3 heterocycles. The summed E-state index contributed by atoms with van der Waals surface area (Å²) in [6.07, 6.45) is -1.54. The molecule has 0 unspecified atom stereocenters. The van der Waals surface area contributed by atoms with Gasteiger partial charge in [-0.25, -0.2) is 4.79 Å². The number of rotatable bonds is 4. The predicted octanol–water partition coefficient (Wildman–Crippen LogP) is -1.29. The Hall–Kier alpha value is -2.25. The van der Waals surface area contributed by atoms with Crippen LogP contribution in [0.5, 0.6) is 0 Å². The molecule has 4 N–H and O–H groups in total. The highest BCUT2D eigenvalue weighted by atomic mass is 32.2. The van der Waals surface area contributed by atoms with Gasteiger partial charge < -0.3 is 15.6 Å². The van der Waals surface area contributed by atoms with Gasteiger partial charge in [0.05, 0.1) is 0 Å². The first-order valence-electron chi connectivity index (χ1n) is 6.93. The first-order valence-corrected chi connectivity index (χ1v) is 8.96. The van der Waals surface area contributed by atoms with Gasteiger partial charge in [-0.2, -0.15) is 4.98 Å². The molecule has 0 spiro atoms. The van der Waals surface area contributed by atoms with E-state index in [4.69, 9.17) is 15.6 Å². The van der Waals surface area contributed by atoms with E-state index in [-0.39, 0.29) is 22.2 Å². The number of carbonyl (C=O) groups is 2. The second kappa shape index (κ2) is 6.57. The van der Waals surface area contributed by atoms with Gasteiger partial charge >= 0.3 is 17.3 Å². The smallest absolute Gasteiger partial charge is 0.449 e. The fourth-order valence-electron chi connectivity index (χ4n) is 2.35. The second-order valence-electron chi connectivity index (χ2n) is 5.20. The molecular formula is C12H13N5O6S2. The van der Waals surface area contributed by atoms with E-state index in [1.54, 1.807) is 0 Å². The molecule has 13 heteroatoms. The average molecular weight is 387 g/mol. The first kappa shape index (κ1) is 17.6. The number of nitrogens with one attached hydrogen (secondary N) is 1. The summed E-state index contributed by atoms with van der Waals surface area (Å²) in [7, 11) is 1.52. The molecule has 2 atom stereocenters. The molecular weight excluding hydrogens is 374 g/mol. The highest BCUT2D eigenvalue weighted by Crippen LogP contribution is 2.40. The zero-order valence-electron chi connectivity index (χ0n) is 12.8. The number of fused-ring (bicyclic) bond motifs is 1. The van der Waals surface area contributed by atoms with E-state index < -0.39 is 29.2 Å². The van der Waals surface area contributed by atoms with Crippen LogP contribution in [-0.2, 0) is 16.6 Å². The summed E-state index contributed by atoms with van der Waals surface area (Å²) in [5, 5.41) is 11.1. The summed E-state index contributed by atoms with van der Waals surface area (Å²) in [5.41, 5.74) is 4.50. The first-order chi connectivity index (χ1) is 11.8. The lowest BCUT2D eigenvalue weighted by Crippen LogP contribution is -2.68. The molecule has 25 heavy (non-hydrogen) atoms. The van der Waals surface area contributed by atoms with Crippen molar-refractivity contribution in [2.75, 3.05) is 11.5 Å². The summed E-state index contributed by atoms with van der Waals surface area (Å²) < 4.78 is 6.08. The van der Waals surface area contributed by atoms with E-state index in [1.807, 2.05) is 0 Å². The van der Waals surface area contributed by atoms with E-state index in [2.05, 4.69) is 10.1 Å². The molecule has 1 amide bonds. The van der Waals surface area contributed by atoms with Crippen molar-refractivity contribution >= 4 is 35.6 Å². The highest BCUT2D eigenvalue weighted by molar-refractivity contribution is 8.01. The SMILES string of the molecule is Cn1[nH]c(=O)c(=O)nc1SCC1=C(OC(=O)O)N2C(=O)[C@@H](N)[C@@H]2SC1. The van der Waals surface area contributed by atoms with E-state index in [0.29, 0.717) is 11.3 Å². The minimum Gasteiger partial charge on any atom is -0.449 e. The van der Waals surface area contributed by atoms with Crippen LogP contribution in [0.25, 0.3) is 0 Å². The maximum atomic E-state index is 11.9. The second-order valence-corrected chi connectivity index (χ2v) is 7.25. The number of aromatic amines is 1. The lowest BCUT2D eigenvalue weighted by molar-refractivity contribution is -0.144. The number of nitrogens with two attached hydrogens (primary N) is 1. The summed E-state index contributed by atoms with van der Waals surface area (Å²) >= 11 is 2.50. The Morgan fingerprint density at radius 3 is 2.92 bits per heavy atom. The Morgan fingerprint density at radius 2 is 2.24 bits per heavy atom. The number of hydrogen-bond acceptors (Lipinski definition) is 9. The van der Waals surface area contributed by atoms with Gasteiger partial charge in [0, 0.05) is 24.1 Å². The zero-order chi connectivity index (χ0) is 18.3. The lowest BCUT2D eigenvalue weighted by atomic mass is 10.1. The lowest BCUT2D eigenvalue weighted by Gasteiger charge is -2.47. The summed E-state index contributed by atoms with van der Waals surface area (Å²) in [4.78, 5) is 50.3. The number of thioether (sulfide) groups is 2. The molecule has 0 saturated carbocycles. The number of carbonyl (C=O) groups excluding carboxylic acids is 1. The maximum absolute atomic E-state index is 11.9. The van der Waals surface area contributed by atoms with Crippen molar-refractivity contribution in [3.8, 4) is 0 Å². The maximum Gasteiger partial charge on any atom is 0.512 e. The fraction of sp³-hybridized carbons (Fsp3) is 0.417. The van der Waals surface area contributed by atoms with Crippen molar-refractivity contribution in [3.05, 3.63) is 32.2 Å². The van der Waals surface area contributed by atoms with Crippen molar-refractivity contribution in [2.45, 2.75) is 16.6 Å². The van der Waals surface area contributed by atoms with Crippen LogP contribution < -0.4 is 16.9 Å². The zero-order valence-corrected chi connectivity index (χ0v) is 14.4. The van der Waals surface area contributed by atoms with Crippen molar-refractivity contribution in [2.24, 2.45) is 12.8 Å². The van der Waals surface area contributed by atoms with Crippen LogP contribution in [0.4, 0.5) is 4.79 Å². The number of hydrogen-bond donors (Lipinski definition) is 3. The fourth-order valence-corrected chi connectivity index (χ4v) is 4.66. The molecule has 1 fully saturated rings. The molecule has 11 nitrogen and oxygen atoms in total. The molecule has 3 rings (SSSR count). The molecule has 1 saturated heterocycles. The Kier molecular flexibility index (Phi) is 4.62. The summed E-state index contributed by atoms with van der Waals surface area (Å²) in [6, 6.07) is -0.687. The molecule has 2 aliphatic heterocycles. The van der Waals surface area contributed by atoms with Crippen LogP contribution in [0.2, 0.25) is 0 Å². The van der Waals surface area contributed by atoms with Gasteiger partial charge in [0.2, 0.25) is 11.8 Å². The van der Waals surface area contributed by atoms with Gasteiger partial charge in [-0.15, -0.1) is 11.8 Å². The molecule has 1 aromatic heterocycles. The van der Waals surface area contributed by atoms with Gasteiger partial charge in [0.15, 0.2) is 5.16 Å². The number of aryl methyl sites for hydroxylation is 1. The third kappa shape index (κ3) is 3.17. The van der Waals surface area contributed by atoms with E-state index in [0.717, 1.165) is 11.8 Å². The van der Waals surface area contributed by atoms with Crippen molar-refractivity contribution in [1.82, 2.24) is 19.7 Å². The molecule has 1 aromatic rings. The van der Waals surface area contributed by atoms with Crippen molar-refractivity contribution in [3.63, 3.8) is 0 Å². The topological polar surface area (TPSA) is 161 Å². The van der Waals surface area contributed by atoms with E-state index in [1.165, 1.54) is 28.4 Å². The Bertz CT molecular complexity index is 893. The van der Waals surface area contributed by atoms with Crippen LogP contribution in [0.3, 0.4) is 0 Å². The third-order valence-corrected chi connectivity index (χ3v) is 6.02. The van der Waals surface area contributed by atoms with E-state index in [9.17, 15) is 19.2 Å². The van der Waals surface area contributed by atoms with E-state index >= 15 is 0 Å². The standard InChI is InChI=1S/C12H13N5O6S2/c1-16-11(14-6(18)7(19)15-16)25-3-4-2-24-10-5(13)8(20)17(10)9(4)23-12(21)22/h5,10H,2-3,13H2,1H3,(H,15,19)(H,21,22)/t5-,10+/m1/s1. The number of carboxylic acid groups (broad SMARTS) is 1. The number of ether oxygens (including phenoxy) is 1. The third-order valence-electron chi connectivity index (χ3n) is 3.54. The van der Waals surface area contributed by atoms with Gasteiger partial charge in [-0.3, -0.25) is 29.1 Å². The van der Waals surface area contributed by atoms with Gasteiger partial charge in [-0.05, 0) is 0 Å². The minimum atomic E-state index is -1.54. The predicted molar refractivity (Wildman–Crippen MR) is 88.0 cm³/mol. The Morgan fingerprint density at radius 1 is 1.52 bits per heavy atom. The molecule has 0 radical (unpaired) electrons. The van der Waals surface area contributed by atoms with Gasteiger partial charge in [0.25, 0.3) is 0 Å². The van der Waals surface area contributed by atoms with Crippen molar-refractivity contribution < 1.29 is 19.4 Å². The van der Waals surface area contributed by atoms with Crippen LogP contribution in [0.1, 0.15) is 0 Å². The molecule has 0 aliphatic carbocycles. The molecule has 2 aliphatic rings. The number of nitrogens with zero attached hydrogens (tertiary/aromatic N) is 3. The van der Waals surface area contributed by atoms with Crippen LogP contribution >= 0.6 is 23.5 Å². The van der Waals surface area contributed by atoms with Crippen LogP contribution in [0.15, 0.2) is 26.2 Å². The number of amides is 1. The monoisotopic (exact) mass is 387 g/mol. The van der Waals surface area contributed by atoms with Gasteiger partial charge in [0.1, 0.15) is 11.4 Å². The highest BCUT2D eigenvalue weighted by Gasteiger charge is 2.51. The van der Waals surface area contributed by atoms with Crippen molar-refractivity contribution in [1.29, 1.82) is 0 Å². The number of aromatic nitrogens is 3. The molecule has 0 aromatic carbocycles. The number of β-lactam (4-membered cyclic amide) rings is 1. The Balaban J connectivity index is 1.86. The molecule has 0 bridgehead atoms. The summed E-state index contributed by atoms with van der Waals surface area (Å²) in [6.45, 7) is 0. The normalized spacial score (nSPS) is 22.5. The largest absolute Gasteiger partial charge is 0.512 e. The average Bonchev–Trinajstić information content (AvgIpc) is 2.56. The minimum absolute atomic E-state index is 0.0510. The summed E-state index contributed by atoms with van der Waals surface area (Å²) in [5.74, 6) is 0.165. The Labute approximate surface area is 148 Å². The van der Waals surface area contributed by atoms with Gasteiger partial charge in [-0.1, -0.05) is 11.8 Å². The van der Waals surface area contributed by atoms with Crippen LogP contribution in [0, 0.1) is 0 Å². The van der Waals surface area contributed by atoms with Crippen LogP contribution in [-0.4, -0.2) is 59.8 Å². The quantitative estimate of drug-likeness (QED) is 0.245. The number of H-pyrrole nitrogens is 1.